The molecule has 0 fully saturated rings. The van der Waals surface area contributed by atoms with Crippen LogP contribution in [0.25, 0.3) is 27.8 Å². The number of hydrogen-bond acceptors (Lipinski definition) is 5. The van der Waals surface area contributed by atoms with Crippen molar-refractivity contribution in [3.8, 4) is 22.6 Å². The topological polar surface area (TPSA) is 74.1 Å². The summed E-state index contributed by atoms with van der Waals surface area (Å²) in [5, 5.41) is 0.862. The van der Waals surface area contributed by atoms with E-state index < -0.39 is 21.4 Å². The van der Waals surface area contributed by atoms with E-state index in [1.54, 1.807) is 29.2 Å². The summed E-state index contributed by atoms with van der Waals surface area (Å²) in [6.07, 6.45) is 6.83. The molecule has 0 aliphatic heterocycles. The highest BCUT2D eigenvalue weighted by Gasteiger charge is 2.48. The number of rotatable bonds is 4. The summed E-state index contributed by atoms with van der Waals surface area (Å²) in [5.74, 6) is -0.442. The van der Waals surface area contributed by atoms with E-state index in [1.165, 1.54) is 12.1 Å². The Morgan fingerprint density at radius 3 is 2.34 bits per heavy atom. The summed E-state index contributed by atoms with van der Waals surface area (Å²) >= 11 is 0. The van der Waals surface area contributed by atoms with Gasteiger partial charge in [-0.15, -0.1) is 0 Å². The molecular weight excluding hydrogens is 407 g/mol. The molecule has 0 unspecified atom stereocenters. The van der Waals surface area contributed by atoms with Gasteiger partial charge in [0.05, 0.1) is 0 Å². The van der Waals surface area contributed by atoms with E-state index in [0.29, 0.717) is 11.3 Å². The van der Waals surface area contributed by atoms with Crippen LogP contribution < -0.4 is 4.18 Å². The molecule has 0 saturated carbocycles. The van der Waals surface area contributed by atoms with E-state index >= 15 is 0 Å². The van der Waals surface area contributed by atoms with Crippen LogP contribution >= 0.6 is 0 Å². The van der Waals surface area contributed by atoms with Gasteiger partial charge in [-0.05, 0) is 42.5 Å². The van der Waals surface area contributed by atoms with Crippen molar-refractivity contribution in [1.29, 1.82) is 0 Å². The van der Waals surface area contributed by atoms with Gasteiger partial charge < -0.3 is 8.75 Å². The van der Waals surface area contributed by atoms with Crippen molar-refractivity contribution in [1.82, 2.24) is 14.5 Å². The van der Waals surface area contributed by atoms with Crippen molar-refractivity contribution in [3.05, 3.63) is 73.3 Å². The molecule has 4 rings (SSSR count). The molecule has 0 atom stereocenters. The lowest BCUT2D eigenvalue weighted by molar-refractivity contribution is -0.0500. The maximum atomic E-state index is 12.5. The predicted molar refractivity (Wildman–Crippen MR) is 99.9 cm³/mol. The molecule has 4 aromatic rings. The standard InChI is InChI=1S/C19H12F3N3O3S/c20-19(21,22)29(26,27)28-15-7-5-14(6-8-15)25-12-17(13-3-1-9-23-11-13)16-4-2-10-24-18(16)25/h1-12H. The van der Waals surface area contributed by atoms with Crippen molar-refractivity contribution >= 4 is 21.2 Å². The van der Waals surface area contributed by atoms with E-state index in [4.69, 9.17) is 0 Å². The zero-order chi connectivity index (χ0) is 20.6. The van der Waals surface area contributed by atoms with Crippen LogP contribution in [-0.4, -0.2) is 28.5 Å². The van der Waals surface area contributed by atoms with E-state index in [-0.39, 0.29) is 0 Å². The lowest BCUT2D eigenvalue weighted by Gasteiger charge is -2.10. The highest BCUT2D eigenvalue weighted by atomic mass is 32.2. The number of alkyl halides is 3. The van der Waals surface area contributed by atoms with Gasteiger partial charge in [0.2, 0.25) is 0 Å². The number of benzene rings is 1. The molecule has 3 heterocycles. The fourth-order valence-electron chi connectivity index (χ4n) is 2.84. The number of fused-ring (bicyclic) bond motifs is 1. The Morgan fingerprint density at radius 1 is 0.966 bits per heavy atom. The molecule has 29 heavy (non-hydrogen) atoms. The number of hydrogen-bond donors (Lipinski definition) is 0. The lowest BCUT2D eigenvalue weighted by Crippen LogP contribution is -2.28. The lowest BCUT2D eigenvalue weighted by atomic mass is 10.1. The van der Waals surface area contributed by atoms with Crippen molar-refractivity contribution in [3.63, 3.8) is 0 Å². The van der Waals surface area contributed by atoms with Crippen molar-refractivity contribution < 1.29 is 25.8 Å². The summed E-state index contributed by atoms with van der Waals surface area (Å²) in [5.41, 5.74) is -2.55. The third-order valence-corrected chi connectivity index (χ3v) is 5.12. The Labute approximate surface area is 163 Å². The van der Waals surface area contributed by atoms with Crippen molar-refractivity contribution in [2.75, 3.05) is 0 Å². The Morgan fingerprint density at radius 2 is 1.69 bits per heavy atom. The number of aromatic nitrogens is 3. The van der Waals surface area contributed by atoms with E-state index in [2.05, 4.69) is 14.2 Å². The third-order valence-electron chi connectivity index (χ3n) is 4.14. The van der Waals surface area contributed by atoms with Crippen LogP contribution in [0.15, 0.2) is 73.3 Å². The van der Waals surface area contributed by atoms with Gasteiger partial charge in [-0.3, -0.25) is 4.98 Å². The molecule has 148 valence electrons. The van der Waals surface area contributed by atoms with Gasteiger partial charge in [-0.25, -0.2) is 4.98 Å². The minimum absolute atomic E-state index is 0.442. The highest BCUT2D eigenvalue weighted by molar-refractivity contribution is 7.88. The van der Waals surface area contributed by atoms with Crippen LogP contribution in [0.5, 0.6) is 5.75 Å². The predicted octanol–water partition coefficient (Wildman–Crippen LogP) is 4.32. The van der Waals surface area contributed by atoms with Gasteiger partial charge in [-0.2, -0.15) is 21.6 Å². The van der Waals surface area contributed by atoms with Gasteiger partial charge in [0.1, 0.15) is 11.4 Å². The number of halogens is 3. The minimum atomic E-state index is -5.72. The molecule has 0 spiro atoms. The summed E-state index contributed by atoms with van der Waals surface area (Å²) in [6, 6.07) is 12.6. The first kappa shape index (κ1) is 18.9. The minimum Gasteiger partial charge on any atom is -0.376 e. The van der Waals surface area contributed by atoms with Crippen LogP contribution in [0.1, 0.15) is 0 Å². The quantitative estimate of drug-likeness (QED) is 0.364. The van der Waals surface area contributed by atoms with Gasteiger partial charge in [0.15, 0.2) is 0 Å². The molecule has 10 heteroatoms. The summed E-state index contributed by atoms with van der Waals surface area (Å²) < 4.78 is 65.6. The molecule has 0 bridgehead atoms. The second kappa shape index (κ2) is 6.89. The van der Waals surface area contributed by atoms with Crippen LogP contribution in [0.4, 0.5) is 13.2 Å². The highest BCUT2D eigenvalue weighted by Crippen LogP contribution is 2.32. The molecule has 3 aromatic heterocycles. The molecular formula is C19H12F3N3O3S. The molecule has 0 N–H and O–H groups in total. The molecule has 0 saturated heterocycles. The average molecular weight is 419 g/mol. The van der Waals surface area contributed by atoms with Gasteiger partial charge in [-0.1, -0.05) is 6.07 Å². The second-order valence-electron chi connectivity index (χ2n) is 6.01. The maximum Gasteiger partial charge on any atom is 0.534 e. The number of nitrogens with zero attached hydrogens (tertiary/aromatic N) is 3. The fourth-order valence-corrected chi connectivity index (χ4v) is 3.30. The van der Waals surface area contributed by atoms with Crippen LogP contribution in [0, 0.1) is 0 Å². The molecule has 1 aromatic carbocycles. The second-order valence-corrected chi connectivity index (χ2v) is 7.54. The molecule has 6 nitrogen and oxygen atoms in total. The monoisotopic (exact) mass is 419 g/mol. The summed E-state index contributed by atoms with van der Waals surface area (Å²) in [4.78, 5) is 8.50. The van der Waals surface area contributed by atoms with E-state index in [9.17, 15) is 21.6 Å². The van der Waals surface area contributed by atoms with Crippen molar-refractivity contribution in [2.24, 2.45) is 0 Å². The molecule has 0 aliphatic rings. The van der Waals surface area contributed by atoms with Gasteiger partial charge >= 0.3 is 15.6 Å². The zero-order valence-corrected chi connectivity index (χ0v) is 15.4. The Hall–Kier alpha value is -3.40. The SMILES string of the molecule is O=S(=O)(Oc1ccc(-n2cc(-c3cccnc3)c3cccnc32)cc1)C(F)(F)F. The third kappa shape index (κ3) is 3.54. The van der Waals surface area contributed by atoms with E-state index in [0.717, 1.165) is 28.6 Å². The summed E-state index contributed by atoms with van der Waals surface area (Å²) in [7, 11) is -5.72. The van der Waals surface area contributed by atoms with E-state index in [1.807, 2.05) is 24.4 Å². The number of pyridine rings is 2. The van der Waals surface area contributed by atoms with Crippen molar-refractivity contribution in [2.45, 2.75) is 5.51 Å². The van der Waals surface area contributed by atoms with Crippen LogP contribution in [0.3, 0.4) is 0 Å². The summed E-state index contributed by atoms with van der Waals surface area (Å²) in [6.45, 7) is 0. The van der Waals surface area contributed by atoms with Crippen LogP contribution in [0.2, 0.25) is 0 Å². The maximum absolute atomic E-state index is 12.5. The fraction of sp³-hybridized carbons (Fsp3) is 0.0526. The first-order chi connectivity index (χ1) is 13.8. The molecule has 0 aliphatic carbocycles. The average Bonchev–Trinajstić information content (AvgIpc) is 3.08. The Kier molecular flexibility index (Phi) is 4.50. The zero-order valence-electron chi connectivity index (χ0n) is 14.5. The molecule has 0 amide bonds. The Balaban J connectivity index is 1.75. The molecule has 0 radical (unpaired) electrons. The smallest absolute Gasteiger partial charge is 0.376 e. The first-order valence-electron chi connectivity index (χ1n) is 8.24. The normalized spacial score (nSPS) is 12.2. The first-order valence-corrected chi connectivity index (χ1v) is 9.65. The van der Waals surface area contributed by atoms with Gasteiger partial charge in [0.25, 0.3) is 0 Å². The largest absolute Gasteiger partial charge is 0.534 e. The Bertz CT molecular complexity index is 1270. The van der Waals surface area contributed by atoms with Gasteiger partial charge in [0, 0.05) is 47.0 Å². The van der Waals surface area contributed by atoms with Crippen LogP contribution in [-0.2, 0) is 10.1 Å².